The Balaban J connectivity index is 2.45. The van der Waals surface area contributed by atoms with Crippen molar-refractivity contribution in [2.24, 2.45) is 0 Å². The molecule has 0 aromatic heterocycles. The Morgan fingerprint density at radius 2 is 1.83 bits per heavy atom. The molecule has 0 aliphatic carbocycles. The van der Waals surface area contributed by atoms with Gasteiger partial charge in [-0.25, -0.2) is 9.59 Å². The molecule has 5 heteroatoms. The summed E-state index contributed by atoms with van der Waals surface area (Å²) in [6.07, 6.45) is 4.46. The van der Waals surface area contributed by atoms with Crippen molar-refractivity contribution >= 4 is 11.9 Å². The smallest absolute Gasteiger partial charge is 0.341 e. The summed E-state index contributed by atoms with van der Waals surface area (Å²) in [5, 5.41) is 0. The van der Waals surface area contributed by atoms with E-state index in [4.69, 9.17) is 14.2 Å². The van der Waals surface area contributed by atoms with E-state index in [0.717, 1.165) is 25.7 Å². The number of carbonyl (C=O) groups excluding carboxylic acids is 2. The third-order valence-corrected chi connectivity index (χ3v) is 4.22. The first kappa shape index (κ1) is 18.2. The Kier molecular flexibility index (Phi) is 6.15. The van der Waals surface area contributed by atoms with Crippen LogP contribution in [0.5, 0.6) is 0 Å². The van der Waals surface area contributed by atoms with Gasteiger partial charge in [0.1, 0.15) is 5.57 Å². The van der Waals surface area contributed by atoms with Gasteiger partial charge >= 0.3 is 11.9 Å². The summed E-state index contributed by atoms with van der Waals surface area (Å²) in [7, 11) is 2.71. The molecule has 0 fully saturated rings. The van der Waals surface area contributed by atoms with Crippen LogP contribution in [0.1, 0.15) is 44.6 Å². The van der Waals surface area contributed by atoms with Gasteiger partial charge in [-0.15, -0.1) is 0 Å². The molecule has 0 radical (unpaired) electrons. The van der Waals surface area contributed by atoms with Crippen LogP contribution in [0.25, 0.3) is 0 Å². The Hall–Kier alpha value is -2.14. The number of ether oxygens (including phenoxy) is 3. The zero-order valence-corrected chi connectivity index (χ0v) is 14.5. The van der Waals surface area contributed by atoms with Crippen LogP contribution in [-0.2, 0) is 29.6 Å². The normalized spacial score (nSPS) is 20.2. The van der Waals surface area contributed by atoms with E-state index in [1.165, 1.54) is 14.2 Å². The first-order valence-electron chi connectivity index (χ1n) is 8.26. The molecule has 1 aliphatic rings. The lowest BCUT2D eigenvalue weighted by Gasteiger charge is -2.28. The van der Waals surface area contributed by atoms with E-state index in [1.807, 2.05) is 6.07 Å². The van der Waals surface area contributed by atoms with Crippen molar-refractivity contribution in [1.82, 2.24) is 0 Å². The standard InChI is InChI=1S/C19H24O5/c1-4-5-6-10-13-15-16(18(21)22-2)19(23-3,24-17(15)20)14-11-8-7-9-12-14/h7-9,11-12H,4-6,10,13H2,1-3H3. The van der Waals surface area contributed by atoms with Crippen molar-refractivity contribution < 1.29 is 23.8 Å². The number of benzene rings is 1. The summed E-state index contributed by atoms with van der Waals surface area (Å²) in [5.41, 5.74) is 1.09. The third-order valence-electron chi connectivity index (χ3n) is 4.22. The highest BCUT2D eigenvalue weighted by molar-refractivity contribution is 6.05. The minimum Gasteiger partial charge on any atom is -0.465 e. The van der Waals surface area contributed by atoms with Gasteiger partial charge in [0.05, 0.1) is 12.7 Å². The molecule has 1 aromatic carbocycles. The fraction of sp³-hybridized carbons (Fsp3) is 0.474. The molecule has 0 N–H and O–H groups in total. The summed E-state index contributed by atoms with van der Waals surface area (Å²) in [4.78, 5) is 24.9. The molecule has 130 valence electrons. The SMILES string of the molecule is CCCCCCC1=C(C(=O)OC)C(OC)(c2ccccc2)OC1=O. The zero-order valence-electron chi connectivity index (χ0n) is 14.5. The maximum absolute atomic E-state index is 12.4. The van der Waals surface area contributed by atoms with Crippen molar-refractivity contribution in [2.75, 3.05) is 14.2 Å². The monoisotopic (exact) mass is 332 g/mol. The second kappa shape index (κ2) is 8.11. The zero-order chi connectivity index (χ0) is 17.6. The van der Waals surface area contributed by atoms with E-state index >= 15 is 0 Å². The van der Waals surface area contributed by atoms with Gasteiger partial charge < -0.3 is 14.2 Å². The molecule has 1 aliphatic heterocycles. The van der Waals surface area contributed by atoms with Crippen LogP contribution >= 0.6 is 0 Å². The molecule has 0 amide bonds. The quantitative estimate of drug-likeness (QED) is 0.539. The van der Waals surface area contributed by atoms with Gasteiger partial charge in [-0.3, -0.25) is 0 Å². The summed E-state index contributed by atoms with van der Waals surface area (Å²) < 4.78 is 16.0. The number of unbranched alkanes of at least 4 members (excludes halogenated alkanes) is 3. The number of carbonyl (C=O) groups is 2. The Labute approximate surface area is 142 Å². The Morgan fingerprint density at radius 1 is 1.12 bits per heavy atom. The molecule has 1 unspecified atom stereocenters. The number of esters is 2. The van der Waals surface area contributed by atoms with E-state index in [9.17, 15) is 9.59 Å². The van der Waals surface area contributed by atoms with Gasteiger partial charge in [-0.1, -0.05) is 56.5 Å². The van der Waals surface area contributed by atoms with Crippen molar-refractivity contribution in [2.45, 2.75) is 44.8 Å². The second-order valence-corrected chi connectivity index (χ2v) is 5.73. The summed E-state index contributed by atoms with van der Waals surface area (Å²) in [6.45, 7) is 2.12. The summed E-state index contributed by atoms with van der Waals surface area (Å²) in [6, 6.07) is 8.98. The highest BCUT2D eigenvalue weighted by atomic mass is 16.7. The highest BCUT2D eigenvalue weighted by Crippen LogP contribution is 2.44. The van der Waals surface area contributed by atoms with Crippen LogP contribution in [-0.4, -0.2) is 26.2 Å². The third kappa shape index (κ3) is 3.36. The number of methoxy groups -OCH3 is 2. The van der Waals surface area contributed by atoms with Crippen molar-refractivity contribution in [3.8, 4) is 0 Å². The van der Waals surface area contributed by atoms with Crippen LogP contribution in [0.4, 0.5) is 0 Å². The molecule has 0 saturated carbocycles. The van der Waals surface area contributed by atoms with E-state index < -0.39 is 17.7 Å². The summed E-state index contributed by atoms with van der Waals surface area (Å²) >= 11 is 0. The number of hydrogen-bond acceptors (Lipinski definition) is 5. The topological polar surface area (TPSA) is 61.8 Å². The van der Waals surface area contributed by atoms with Gasteiger partial charge in [0, 0.05) is 12.7 Å². The molecular formula is C19H24O5. The number of cyclic esters (lactones) is 1. The minimum absolute atomic E-state index is 0.153. The van der Waals surface area contributed by atoms with Gasteiger partial charge in [0.15, 0.2) is 0 Å². The molecule has 24 heavy (non-hydrogen) atoms. The number of rotatable bonds is 8. The lowest BCUT2D eigenvalue weighted by Crippen LogP contribution is -2.35. The summed E-state index contributed by atoms with van der Waals surface area (Å²) in [5.74, 6) is -2.65. The maximum atomic E-state index is 12.4. The van der Waals surface area contributed by atoms with E-state index in [1.54, 1.807) is 24.3 Å². The van der Waals surface area contributed by atoms with Gasteiger partial charge in [0.25, 0.3) is 5.79 Å². The molecule has 1 heterocycles. The molecule has 0 saturated heterocycles. The van der Waals surface area contributed by atoms with E-state index in [-0.39, 0.29) is 5.57 Å². The van der Waals surface area contributed by atoms with Crippen LogP contribution in [0.3, 0.4) is 0 Å². The minimum atomic E-state index is -1.54. The lowest BCUT2D eigenvalue weighted by atomic mass is 9.93. The average molecular weight is 332 g/mol. The van der Waals surface area contributed by atoms with E-state index in [0.29, 0.717) is 17.6 Å². The average Bonchev–Trinajstić information content (AvgIpc) is 2.91. The van der Waals surface area contributed by atoms with Crippen molar-refractivity contribution in [3.05, 3.63) is 47.0 Å². The maximum Gasteiger partial charge on any atom is 0.341 e. The molecular weight excluding hydrogens is 308 g/mol. The Morgan fingerprint density at radius 3 is 2.42 bits per heavy atom. The highest BCUT2D eigenvalue weighted by Gasteiger charge is 2.53. The molecule has 2 rings (SSSR count). The van der Waals surface area contributed by atoms with Crippen LogP contribution in [0, 0.1) is 0 Å². The molecule has 1 atom stereocenters. The second-order valence-electron chi connectivity index (χ2n) is 5.73. The van der Waals surface area contributed by atoms with Gasteiger partial charge in [-0.2, -0.15) is 0 Å². The predicted octanol–water partition coefficient (Wildman–Crippen LogP) is 3.48. The van der Waals surface area contributed by atoms with Gasteiger partial charge in [0.2, 0.25) is 0 Å². The van der Waals surface area contributed by atoms with Crippen LogP contribution < -0.4 is 0 Å². The lowest BCUT2D eigenvalue weighted by molar-refractivity contribution is -0.200. The first-order chi connectivity index (χ1) is 11.6. The van der Waals surface area contributed by atoms with Crippen LogP contribution in [0.2, 0.25) is 0 Å². The predicted molar refractivity (Wildman–Crippen MR) is 89.0 cm³/mol. The van der Waals surface area contributed by atoms with Crippen molar-refractivity contribution in [3.63, 3.8) is 0 Å². The van der Waals surface area contributed by atoms with Crippen molar-refractivity contribution in [1.29, 1.82) is 0 Å². The fourth-order valence-corrected chi connectivity index (χ4v) is 2.98. The molecule has 0 spiro atoms. The first-order valence-corrected chi connectivity index (χ1v) is 8.26. The van der Waals surface area contributed by atoms with Crippen LogP contribution in [0.15, 0.2) is 41.5 Å². The van der Waals surface area contributed by atoms with Gasteiger partial charge in [-0.05, 0) is 12.8 Å². The largest absolute Gasteiger partial charge is 0.465 e. The van der Waals surface area contributed by atoms with E-state index in [2.05, 4.69) is 6.92 Å². The molecule has 0 bridgehead atoms. The Bertz CT molecular complexity index is 620. The molecule has 1 aromatic rings. The fourth-order valence-electron chi connectivity index (χ4n) is 2.98. The molecule has 5 nitrogen and oxygen atoms in total. The number of hydrogen-bond donors (Lipinski definition) is 0.